The monoisotopic (exact) mass is 284 g/mol. The van der Waals surface area contributed by atoms with Gasteiger partial charge in [-0.1, -0.05) is 37.6 Å². The molecule has 0 bridgehead atoms. The molecule has 19 heavy (non-hydrogen) atoms. The number of hydrogen-bond acceptors (Lipinski definition) is 3. The summed E-state index contributed by atoms with van der Waals surface area (Å²) in [7, 11) is 0.350. The summed E-state index contributed by atoms with van der Waals surface area (Å²) >= 11 is 0. The highest BCUT2D eigenvalue weighted by Crippen LogP contribution is 2.11. The maximum Gasteiger partial charge on any atom is 0.218 e. The van der Waals surface area contributed by atoms with Gasteiger partial charge < -0.3 is 5.32 Å². The van der Waals surface area contributed by atoms with Crippen LogP contribution in [0, 0.1) is 0 Å². The summed E-state index contributed by atoms with van der Waals surface area (Å²) in [6.45, 7) is 3.45. The lowest BCUT2D eigenvalue weighted by atomic mass is 10.1. The fourth-order valence-corrected chi connectivity index (χ4v) is 3.04. The molecule has 0 aromatic heterocycles. The van der Waals surface area contributed by atoms with Crippen molar-refractivity contribution in [2.75, 3.05) is 20.6 Å². The predicted octanol–water partition coefficient (Wildman–Crippen LogP) is 1.97. The lowest BCUT2D eigenvalue weighted by Gasteiger charge is -2.16. The summed E-state index contributed by atoms with van der Waals surface area (Å²) in [5, 5.41) is 3.07. The number of nitrogens with zero attached hydrogens (tertiary/aromatic N) is 1. The van der Waals surface area contributed by atoms with Crippen molar-refractivity contribution in [3.63, 3.8) is 0 Å². The van der Waals surface area contributed by atoms with Crippen molar-refractivity contribution in [2.45, 2.75) is 32.1 Å². The molecule has 0 aliphatic heterocycles. The summed E-state index contributed by atoms with van der Waals surface area (Å²) in [6.07, 6.45) is 1.90. The molecule has 1 aromatic carbocycles. The lowest BCUT2D eigenvalue weighted by Crippen LogP contribution is -2.29. The van der Waals surface area contributed by atoms with Crippen molar-refractivity contribution in [3.8, 4) is 0 Å². The SMILES string of the molecule is CCCCN(C)S(=O)(=O)Cc1ccc(CNC)cc1. The highest BCUT2D eigenvalue weighted by atomic mass is 32.2. The van der Waals surface area contributed by atoms with Crippen molar-refractivity contribution in [3.05, 3.63) is 35.4 Å². The lowest BCUT2D eigenvalue weighted by molar-refractivity contribution is 0.458. The summed E-state index contributed by atoms with van der Waals surface area (Å²) in [6, 6.07) is 7.70. The molecule has 1 aromatic rings. The number of rotatable bonds is 8. The molecule has 5 heteroatoms. The van der Waals surface area contributed by atoms with Crippen LogP contribution in [-0.4, -0.2) is 33.4 Å². The van der Waals surface area contributed by atoms with E-state index in [0.717, 1.165) is 30.5 Å². The van der Waals surface area contributed by atoms with Crippen LogP contribution in [0.15, 0.2) is 24.3 Å². The minimum Gasteiger partial charge on any atom is -0.316 e. The molecular formula is C14H24N2O2S. The van der Waals surface area contributed by atoms with E-state index >= 15 is 0 Å². The molecule has 0 unspecified atom stereocenters. The molecule has 108 valence electrons. The zero-order valence-electron chi connectivity index (χ0n) is 12.0. The standard InChI is InChI=1S/C14H24N2O2S/c1-4-5-10-16(3)19(17,18)12-14-8-6-13(7-9-14)11-15-2/h6-9,15H,4-5,10-12H2,1-3H3. The zero-order valence-corrected chi connectivity index (χ0v) is 12.8. The van der Waals surface area contributed by atoms with Gasteiger partial charge >= 0.3 is 0 Å². The Morgan fingerprint density at radius 2 is 1.74 bits per heavy atom. The molecule has 0 aliphatic rings. The Kier molecular flexibility index (Phi) is 6.48. The molecule has 0 saturated carbocycles. The third kappa shape index (κ3) is 5.30. The van der Waals surface area contributed by atoms with Gasteiger partial charge in [-0.3, -0.25) is 0 Å². The van der Waals surface area contributed by atoms with Gasteiger partial charge in [-0.25, -0.2) is 12.7 Å². The topological polar surface area (TPSA) is 49.4 Å². The van der Waals surface area contributed by atoms with Gasteiger partial charge in [0.05, 0.1) is 5.75 Å². The van der Waals surface area contributed by atoms with E-state index in [9.17, 15) is 8.42 Å². The Labute approximate surface area is 116 Å². The van der Waals surface area contributed by atoms with Crippen LogP contribution in [0.25, 0.3) is 0 Å². The first-order valence-corrected chi connectivity index (χ1v) is 8.27. The summed E-state index contributed by atoms with van der Waals surface area (Å²) in [5.41, 5.74) is 1.99. The molecule has 1 N–H and O–H groups in total. The normalized spacial score (nSPS) is 12.0. The van der Waals surface area contributed by atoms with Crippen LogP contribution in [0.5, 0.6) is 0 Å². The number of benzene rings is 1. The van der Waals surface area contributed by atoms with Crippen molar-refractivity contribution >= 4 is 10.0 Å². The van der Waals surface area contributed by atoms with E-state index in [4.69, 9.17) is 0 Å². The molecule has 0 radical (unpaired) electrons. The molecule has 0 amide bonds. The van der Waals surface area contributed by atoms with Crippen LogP contribution in [0.3, 0.4) is 0 Å². The third-order valence-corrected chi connectivity index (χ3v) is 4.88. The van der Waals surface area contributed by atoms with Crippen molar-refractivity contribution in [2.24, 2.45) is 0 Å². The smallest absolute Gasteiger partial charge is 0.218 e. The molecule has 0 heterocycles. The molecule has 0 saturated heterocycles. The Bertz CT molecular complexity index is 469. The second-order valence-corrected chi connectivity index (χ2v) is 6.85. The summed E-state index contributed by atoms with van der Waals surface area (Å²) in [5.74, 6) is 0.0764. The Morgan fingerprint density at radius 1 is 1.16 bits per heavy atom. The average molecular weight is 284 g/mol. The van der Waals surface area contributed by atoms with E-state index in [-0.39, 0.29) is 5.75 Å². The molecule has 0 fully saturated rings. The van der Waals surface area contributed by atoms with E-state index < -0.39 is 10.0 Å². The van der Waals surface area contributed by atoms with Gasteiger partial charge in [0.15, 0.2) is 0 Å². The largest absolute Gasteiger partial charge is 0.316 e. The van der Waals surface area contributed by atoms with Crippen LogP contribution >= 0.6 is 0 Å². The fraction of sp³-hybridized carbons (Fsp3) is 0.571. The van der Waals surface area contributed by atoms with E-state index in [1.54, 1.807) is 7.05 Å². The molecule has 4 nitrogen and oxygen atoms in total. The predicted molar refractivity (Wildman–Crippen MR) is 79.4 cm³/mol. The van der Waals surface area contributed by atoms with Crippen molar-refractivity contribution in [1.82, 2.24) is 9.62 Å². The summed E-state index contributed by atoms with van der Waals surface area (Å²) in [4.78, 5) is 0. The minimum atomic E-state index is -3.19. The quantitative estimate of drug-likeness (QED) is 0.794. The molecule has 0 spiro atoms. The van der Waals surface area contributed by atoms with Crippen LogP contribution < -0.4 is 5.32 Å². The van der Waals surface area contributed by atoms with Gasteiger partial charge in [0.1, 0.15) is 0 Å². The van der Waals surface area contributed by atoms with Crippen LogP contribution in [-0.2, 0) is 22.3 Å². The number of hydrogen-bond donors (Lipinski definition) is 1. The Hall–Kier alpha value is -0.910. The second kappa shape index (κ2) is 7.62. The third-order valence-electron chi connectivity index (χ3n) is 3.05. The van der Waals surface area contributed by atoms with Crippen LogP contribution in [0.4, 0.5) is 0 Å². The van der Waals surface area contributed by atoms with E-state index in [2.05, 4.69) is 12.2 Å². The highest BCUT2D eigenvalue weighted by Gasteiger charge is 2.17. The minimum absolute atomic E-state index is 0.0764. The van der Waals surface area contributed by atoms with Gasteiger partial charge in [-0.05, 0) is 24.6 Å². The van der Waals surface area contributed by atoms with E-state index in [1.165, 1.54) is 4.31 Å². The van der Waals surface area contributed by atoms with Gasteiger partial charge in [0.2, 0.25) is 10.0 Å². The van der Waals surface area contributed by atoms with Crippen LogP contribution in [0.2, 0.25) is 0 Å². The Balaban J connectivity index is 2.67. The Morgan fingerprint density at radius 3 is 2.26 bits per heavy atom. The van der Waals surface area contributed by atoms with E-state index in [0.29, 0.717) is 6.54 Å². The first kappa shape index (κ1) is 16.1. The molecule has 0 atom stereocenters. The average Bonchev–Trinajstić information content (AvgIpc) is 2.38. The second-order valence-electron chi connectivity index (χ2n) is 4.78. The molecule has 0 aliphatic carbocycles. The van der Waals surface area contributed by atoms with Crippen LogP contribution in [0.1, 0.15) is 30.9 Å². The first-order valence-electron chi connectivity index (χ1n) is 6.66. The molecule has 1 rings (SSSR count). The first-order chi connectivity index (χ1) is 8.99. The summed E-state index contributed by atoms with van der Waals surface area (Å²) < 4.78 is 25.7. The van der Waals surface area contributed by atoms with E-state index in [1.807, 2.05) is 31.3 Å². The van der Waals surface area contributed by atoms with Crippen molar-refractivity contribution < 1.29 is 8.42 Å². The maximum atomic E-state index is 12.1. The number of unbranched alkanes of at least 4 members (excludes halogenated alkanes) is 1. The fourth-order valence-electron chi connectivity index (χ4n) is 1.80. The van der Waals surface area contributed by atoms with Gasteiger partial charge in [0, 0.05) is 20.1 Å². The molecular weight excluding hydrogens is 260 g/mol. The van der Waals surface area contributed by atoms with Gasteiger partial charge in [0.25, 0.3) is 0 Å². The maximum absolute atomic E-state index is 12.1. The van der Waals surface area contributed by atoms with Crippen molar-refractivity contribution in [1.29, 1.82) is 0 Å². The van der Waals surface area contributed by atoms with Gasteiger partial charge in [-0.2, -0.15) is 0 Å². The van der Waals surface area contributed by atoms with Gasteiger partial charge in [-0.15, -0.1) is 0 Å². The highest BCUT2D eigenvalue weighted by molar-refractivity contribution is 7.88. The zero-order chi connectivity index (χ0) is 14.3. The number of nitrogens with one attached hydrogen (secondary N) is 1. The number of sulfonamides is 1.